The Hall–Kier alpha value is -0.290. The van der Waals surface area contributed by atoms with E-state index in [0.717, 1.165) is 6.54 Å². The van der Waals surface area contributed by atoms with E-state index in [1.807, 2.05) is 7.05 Å². The van der Waals surface area contributed by atoms with Gasteiger partial charge in [0.2, 0.25) is 0 Å². The molecule has 1 aromatic carbocycles. The fourth-order valence-corrected chi connectivity index (χ4v) is 2.56. The van der Waals surface area contributed by atoms with E-state index in [9.17, 15) is 0 Å². The van der Waals surface area contributed by atoms with Crippen LogP contribution in [0.3, 0.4) is 0 Å². The molecule has 1 heterocycles. The lowest BCUT2D eigenvalue weighted by Gasteiger charge is -2.28. The highest BCUT2D eigenvalue weighted by atomic mass is 127. The van der Waals surface area contributed by atoms with E-state index in [4.69, 9.17) is 0 Å². The van der Waals surface area contributed by atoms with Gasteiger partial charge in [0.1, 0.15) is 0 Å². The highest BCUT2D eigenvalue weighted by molar-refractivity contribution is 14.1. The van der Waals surface area contributed by atoms with Crippen LogP contribution in [0.15, 0.2) is 12.1 Å². The molecule has 0 bridgehead atoms. The Bertz CT molecular complexity index is 349. The first-order chi connectivity index (χ1) is 6.74. The van der Waals surface area contributed by atoms with Gasteiger partial charge in [0.15, 0.2) is 0 Å². The Morgan fingerprint density at radius 2 is 2.29 bits per heavy atom. The topological polar surface area (TPSA) is 24.1 Å². The molecule has 0 saturated carbocycles. The number of hydrogen-bond acceptors (Lipinski definition) is 2. The molecule has 0 amide bonds. The molecule has 0 aliphatic carbocycles. The summed E-state index contributed by atoms with van der Waals surface area (Å²) in [5.74, 6) is 0. The molecule has 1 aromatic rings. The zero-order chi connectivity index (χ0) is 10.1. The van der Waals surface area contributed by atoms with Crippen LogP contribution in [0.25, 0.3) is 0 Å². The van der Waals surface area contributed by atoms with Gasteiger partial charge < -0.3 is 10.6 Å². The second kappa shape index (κ2) is 4.06. The molecular formula is C11H15IN2. The minimum absolute atomic E-state index is 0.515. The third-order valence-corrected chi connectivity index (χ3v) is 4.06. The minimum atomic E-state index is 0.515. The van der Waals surface area contributed by atoms with Crippen molar-refractivity contribution in [2.24, 2.45) is 0 Å². The Balaban J connectivity index is 2.53. The lowest BCUT2D eigenvalue weighted by molar-refractivity contribution is 0.548. The molecule has 1 aliphatic rings. The summed E-state index contributed by atoms with van der Waals surface area (Å²) < 4.78 is 1.35. The van der Waals surface area contributed by atoms with Crippen LogP contribution in [0, 0.1) is 10.5 Å². The fraction of sp³-hybridized carbons (Fsp3) is 0.455. The molecule has 76 valence electrons. The highest BCUT2D eigenvalue weighted by Crippen LogP contribution is 2.34. The summed E-state index contributed by atoms with van der Waals surface area (Å²) in [6, 6.07) is 4.88. The maximum Gasteiger partial charge on any atom is 0.0392 e. The van der Waals surface area contributed by atoms with Crippen LogP contribution >= 0.6 is 22.6 Å². The fourth-order valence-electron chi connectivity index (χ4n) is 2.09. The Labute approximate surface area is 98.6 Å². The first-order valence-corrected chi connectivity index (χ1v) is 6.02. The number of halogens is 1. The molecule has 0 fully saturated rings. The van der Waals surface area contributed by atoms with Gasteiger partial charge in [-0.15, -0.1) is 0 Å². The van der Waals surface area contributed by atoms with Crippen molar-refractivity contribution >= 4 is 28.3 Å². The number of fused-ring (bicyclic) bond motifs is 1. The predicted octanol–water partition coefficient (Wildman–Crippen LogP) is 2.68. The van der Waals surface area contributed by atoms with Crippen LogP contribution in [0.2, 0.25) is 0 Å². The molecule has 2 rings (SSSR count). The monoisotopic (exact) mass is 302 g/mol. The van der Waals surface area contributed by atoms with Gasteiger partial charge in [0.05, 0.1) is 0 Å². The molecule has 0 aromatic heterocycles. The lowest BCUT2D eigenvalue weighted by atomic mass is 9.94. The molecule has 1 unspecified atom stereocenters. The van der Waals surface area contributed by atoms with Crippen molar-refractivity contribution in [3.63, 3.8) is 0 Å². The van der Waals surface area contributed by atoms with Crippen LogP contribution in [0.5, 0.6) is 0 Å². The smallest absolute Gasteiger partial charge is 0.0392 e. The summed E-state index contributed by atoms with van der Waals surface area (Å²) in [7, 11) is 2.04. The summed E-state index contributed by atoms with van der Waals surface area (Å²) in [6.45, 7) is 3.27. The number of rotatable bonds is 1. The maximum absolute atomic E-state index is 3.45. The average molecular weight is 302 g/mol. The predicted molar refractivity (Wildman–Crippen MR) is 68.8 cm³/mol. The van der Waals surface area contributed by atoms with E-state index < -0.39 is 0 Å². The maximum atomic E-state index is 3.45. The quantitative estimate of drug-likeness (QED) is 0.779. The van der Waals surface area contributed by atoms with Gasteiger partial charge in [-0.1, -0.05) is 0 Å². The second-order valence-corrected chi connectivity index (χ2v) is 4.85. The van der Waals surface area contributed by atoms with Gasteiger partial charge in [-0.25, -0.2) is 0 Å². The summed E-state index contributed by atoms with van der Waals surface area (Å²) in [5.41, 5.74) is 4.16. The molecule has 0 saturated heterocycles. The molecule has 2 nitrogen and oxygen atoms in total. The third kappa shape index (κ3) is 1.63. The van der Waals surface area contributed by atoms with Crippen molar-refractivity contribution in [3.8, 4) is 0 Å². The summed E-state index contributed by atoms with van der Waals surface area (Å²) in [6.07, 6.45) is 1.17. The summed E-state index contributed by atoms with van der Waals surface area (Å²) in [5, 5.41) is 6.84. The van der Waals surface area contributed by atoms with Crippen LogP contribution in [0.4, 0.5) is 5.69 Å². The van der Waals surface area contributed by atoms with Gasteiger partial charge in [0, 0.05) is 21.8 Å². The van der Waals surface area contributed by atoms with Crippen LogP contribution in [-0.4, -0.2) is 13.6 Å². The largest absolute Gasteiger partial charge is 0.385 e. The van der Waals surface area contributed by atoms with E-state index >= 15 is 0 Å². The van der Waals surface area contributed by atoms with Crippen molar-refractivity contribution < 1.29 is 0 Å². The van der Waals surface area contributed by atoms with Crippen molar-refractivity contribution in [2.75, 3.05) is 18.9 Å². The highest BCUT2D eigenvalue weighted by Gasteiger charge is 2.21. The molecular weight excluding hydrogens is 287 g/mol. The van der Waals surface area contributed by atoms with E-state index in [1.54, 1.807) is 0 Å². The van der Waals surface area contributed by atoms with Gasteiger partial charge >= 0.3 is 0 Å². The Kier molecular flexibility index (Phi) is 2.97. The molecule has 14 heavy (non-hydrogen) atoms. The molecule has 2 N–H and O–H groups in total. The normalized spacial score (nSPS) is 20.1. The standard InChI is InChI=1S/C11H15IN2/c1-7-8(12)3-4-10-11(7)9(13-2)5-6-14-10/h3-4,9,13-14H,5-6H2,1-2H3. The summed E-state index contributed by atoms with van der Waals surface area (Å²) >= 11 is 2.40. The van der Waals surface area contributed by atoms with Crippen molar-refractivity contribution in [1.29, 1.82) is 0 Å². The summed E-state index contributed by atoms with van der Waals surface area (Å²) in [4.78, 5) is 0. The number of benzene rings is 1. The van der Waals surface area contributed by atoms with E-state index in [1.165, 1.54) is 26.8 Å². The molecule has 0 spiro atoms. The van der Waals surface area contributed by atoms with Crippen molar-refractivity contribution in [3.05, 3.63) is 26.8 Å². The number of nitrogens with one attached hydrogen (secondary N) is 2. The number of hydrogen-bond donors (Lipinski definition) is 2. The molecule has 1 atom stereocenters. The van der Waals surface area contributed by atoms with Crippen molar-refractivity contribution in [2.45, 2.75) is 19.4 Å². The van der Waals surface area contributed by atoms with E-state index in [-0.39, 0.29) is 0 Å². The minimum Gasteiger partial charge on any atom is -0.385 e. The average Bonchev–Trinajstić information content (AvgIpc) is 2.23. The van der Waals surface area contributed by atoms with Gasteiger partial charge in [-0.2, -0.15) is 0 Å². The van der Waals surface area contributed by atoms with Crippen molar-refractivity contribution in [1.82, 2.24) is 5.32 Å². The van der Waals surface area contributed by atoms with E-state index in [0.29, 0.717) is 6.04 Å². The SMILES string of the molecule is CNC1CCNc2ccc(I)c(C)c21. The third-order valence-electron chi connectivity index (χ3n) is 2.89. The first-order valence-electron chi connectivity index (χ1n) is 4.94. The lowest BCUT2D eigenvalue weighted by Crippen LogP contribution is -2.26. The Morgan fingerprint density at radius 1 is 1.50 bits per heavy atom. The molecule has 0 radical (unpaired) electrons. The Morgan fingerprint density at radius 3 is 3.00 bits per heavy atom. The molecule has 3 heteroatoms. The second-order valence-electron chi connectivity index (χ2n) is 3.69. The van der Waals surface area contributed by atoms with Crippen LogP contribution in [-0.2, 0) is 0 Å². The van der Waals surface area contributed by atoms with Crippen LogP contribution in [0.1, 0.15) is 23.6 Å². The van der Waals surface area contributed by atoms with E-state index in [2.05, 4.69) is 52.3 Å². The van der Waals surface area contributed by atoms with Gasteiger partial charge in [-0.3, -0.25) is 0 Å². The zero-order valence-electron chi connectivity index (χ0n) is 8.52. The molecule has 1 aliphatic heterocycles. The zero-order valence-corrected chi connectivity index (χ0v) is 10.7. The van der Waals surface area contributed by atoms with Gasteiger partial charge in [-0.05, 0) is 66.2 Å². The van der Waals surface area contributed by atoms with Crippen LogP contribution < -0.4 is 10.6 Å². The van der Waals surface area contributed by atoms with Gasteiger partial charge in [0.25, 0.3) is 0 Å². The number of anilines is 1. The first kappa shape index (κ1) is 10.2.